The number of likely N-dealkylation sites (tertiary alicyclic amines) is 1. The average Bonchev–Trinajstić information content (AvgIpc) is 2.14. The van der Waals surface area contributed by atoms with Crippen molar-refractivity contribution in [1.29, 1.82) is 0 Å². The van der Waals surface area contributed by atoms with E-state index in [0.29, 0.717) is 6.04 Å². The summed E-state index contributed by atoms with van der Waals surface area (Å²) in [6, 6.07) is 0.711. The summed E-state index contributed by atoms with van der Waals surface area (Å²) < 4.78 is 0. The molecule has 13 heavy (non-hydrogen) atoms. The lowest BCUT2D eigenvalue weighted by atomic mass is 9.99. The molecule has 1 heterocycles. The van der Waals surface area contributed by atoms with Crippen LogP contribution in [0.3, 0.4) is 0 Å². The molecule has 0 aromatic rings. The fourth-order valence-electron chi connectivity index (χ4n) is 2.11. The van der Waals surface area contributed by atoms with Gasteiger partial charge in [0.15, 0.2) is 0 Å². The van der Waals surface area contributed by atoms with Gasteiger partial charge in [0.1, 0.15) is 0 Å². The molecule has 0 amide bonds. The van der Waals surface area contributed by atoms with E-state index < -0.39 is 0 Å². The zero-order chi connectivity index (χ0) is 9.68. The van der Waals surface area contributed by atoms with Gasteiger partial charge in [0.25, 0.3) is 0 Å². The minimum atomic E-state index is 0.711. The molecule has 0 radical (unpaired) electrons. The van der Waals surface area contributed by atoms with Crippen LogP contribution in [-0.2, 0) is 0 Å². The molecular formula is C11H24N2. The summed E-state index contributed by atoms with van der Waals surface area (Å²) in [5.74, 6) is 0.901. The Morgan fingerprint density at radius 3 is 2.92 bits per heavy atom. The maximum atomic E-state index is 3.42. The van der Waals surface area contributed by atoms with Gasteiger partial charge < -0.3 is 5.32 Å². The molecule has 1 fully saturated rings. The molecule has 2 atom stereocenters. The molecule has 1 N–H and O–H groups in total. The van der Waals surface area contributed by atoms with Gasteiger partial charge in [-0.3, -0.25) is 4.90 Å². The van der Waals surface area contributed by atoms with Gasteiger partial charge in [-0.15, -0.1) is 0 Å². The molecule has 0 aromatic carbocycles. The van der Waals surface area contributed by atoms with E-state index in [1.807, 2.05) is 0 Å². The first-order valence-electron chi connectivity index (χ1n) is 5.68. The Bertz CT molecular complexity index is 136. The van der Waals surface area contributed by atoms with Crippen molar-refractivity contribution in [3.8, 4) is 0 Å². The van der Waals surface area contributed by atoms with Crippen LogP contribution >= 0.6 is 0 Å². The molecular weight excluding hydrogens is 160 g/mol. The van der Waals surface area contributed by atoms with Crippen LogP contribution in [0, 0.1) is 5.92 Å². The molecule has 0 saturated carbocycles. The number of rotatable bonds is 4. The molecule has 78 valence electrons. The second kappa shape index (κ2) is 5.61. The van der Waals surface area contributed by atoms with E-state index in [4.69, 9.17) is 0 Å². The maximum absolute atomic E-state index is 3.42. The molecule has 0 spiro atoms. The van der Waals surface area contributed by atoms with E-state index in [9.17, 15) is 0 Å². The molecule has 0 bridgehead atoms. The second-order valence-electron chi connectivity index (χ2n) is 4.40. The fraction of sp³-hybridized carbons (Fsp3) is 1.00. The maximum Gasteiger partial charge on any atom is 0.0192 e. The van der Waals surface area contributed by atoms with Crippen LogP contribution < -0.4 is 5.32 Å². The zero-order valence-corrected chi connectivity index (χ0v) is 9.34. The van der Waals surface area contributed by atoms with E-state index >= 15 is 0 Å². The van der Waals surface area contributed by atoms with E-state index in [1.54, 1.807) is 0 Å². The minimum Gasteiger partial charge on any atom is -0.315 e. The number of piperidine rings is 1. The highest BCUT2D eigenvalue weighted by Gasteiger charge is 2.19. The van der Waals surface area contributed by atoms with E-state index in [1.165, 1.54) is 25.9 Å². The van der Waals surface area contributed by atoms with Gasteiger partial charge in [-0.2, -0.15) is 0 Å². The highest BCUT2D eigenvalue weighted by Crippen LogP contribution is 2.17. The zero-order valence-electron chi connectivity index (χ0n) is 9.34. The fourth-order valence-corrected chi connectivity index (χ4v) is 2.11. The van der Waals surface area contributed by atoms with Crippen molar-refractivity contribution in [1.82, 2.24) is 10.2 Å². The number of likely N-dealkylation sites (N-methyl/N-ethyl adjacent to an activating group) is 1. The van der Waals surface area contributed by atoms with Crippen molar-refractivity contribution in [3.63, 3.8) is 0 Å². The number of nitrogens with zero attached hydrogens (tertiary/aromatic N) is 1. The topological polar surface area (TPSA) is 15.3 Å². The average molecular weight is 184 g/mol. The third-order valence-corrected chi connectivity index (χ3v) is 3.00. The van der Waals surface area contributed by atoms with E-state index in [2.05, 4.69) is 31.0 Å². The van der Waals surface area contributed by atoms with Crippen LogP contribution in [0.2, 0.25) is 0 Å². The largest absolute Gasteiger partial charge is 0.315 e. The highest BCUT2D eigenvalue weighted by atomic mass is 15.2. The van der Waals surface area contributed by atoms with Gasteiger partial charge >= 0.3 is 0 Å². The predicted octanol–water partition coefficient (Wildman–Crippen LogP) is 1.72. The quantitative estimate of drug-likeness (QED) is 0.715. The lowest BCUT2D eigenvalue weighted by Gasteiger charge is -2.35. The predicted molar refractivity (Wildman–Crippen MR) is 58.0 cm³/mol. The van der Waals surface area contributed by atoms with Gasteiger partial charge in [0, 0.05) is 19.1 Å². The summed E-state index contributed by atoms with van der Waals surface area (Å²) in [4.78, 5) is 2.62. The molecule has 1 saturated heterocycles. The number of nitrogens with one attached hydrogen (secondary N) is 1. The van der Waals surface area contributed by atoms with Crippen molar-refractivity contribution in [2.75, 3.05) is 26.2 Å². The Hall–Kier alpha value is -0.0800. The summed E-state index contributed by atoms with van der Waals surface area (Å²) in [6.45, 7) is 11.7. The van der Waals surface area contributed by atoms with Gasteiger partial charge in [0.2, 0.25) is 0 Å². The molecule has 0 aromatic heterocycles. The van der Waals surface area contributed by atoms with Crippen molar-refractivity contribution in [2.45, 2.75) is 39.7 Å². The van der Waals surface area contributed by atoms with Crippen molar-refractivity contribution < 1.29 is 0 Å². The van der Waals surface area contributed by atoms with Gasteiger partial charge in [-0.05, 0) is 38.8 Å². The lowest BCUT2D eigenvalue weighted by Crippen LogP contribution is -2.45. The standard InChI is InChI=1S/C11H24N2/c1-4-12-8-11(3)13-7-5-6-10(2)9-13/h10-12H,4-9H2,1-3H3. The highest BCUT2D eigenvalue weighted by molar-refractivity contribution is 4.75. The van der Waals surface area contributed by atoms with Gasteiger partial charge in [0.05, 0.1) is 0 Å². The minimum absolute atomic E-state index is 0.711. The summed E-state index contributed by atoms with van der Waals surface area (Å²) in [5.41, 5.74) is 0. The SMILES string of the molecule is CCNCC(C)N1CCCC(C)C1. The molecule has 1 aliphatic rings. The molecule has 2 unspecified atom stereocenters. The molecule has 1 rings (SSSR count). The molecule has 1 aliphatic heterocycles. The molecule has 2 nitrogen and oxygen atoms in total. The Morgan fingerprint density at radius 2 is 2.31 bits per heavy atom. The van der Waals surface area contributed by atoms with Crippen LogP contribution in [0.5, 0.6) is 0 Å². The van der Waals surface area contributed by atoms with Crippen LogP contribution in [-0.4, -0.2) is 37.1 Å². The molecule has 2 heteroatoms. The third kappa shape index (κ3) is 3.65. The van der Waals surface area contributed by atoms with Gasteiger partial charge in [-0.1, -0.05) is 13.8 Å². The van der Waals surface area contributed by atoms with Crippen molar-refractivity contribution >= 4 is 0 Å². The first-order valence-corrected chi connectivity index (χ1v) is 5.68. The molecule has 0 aliphatic carbocycles. The summed E-state index contributed by atoms with van der Waals surface area (Å²) in [7, 11) is 0. The second-order valence-corrected chi connectivity index (χ2v) is 4.40. The summed E-state index contributed by atoms with van der Waals surface area (Å²) in [6.07, 6.45) is 2.81. The summed E-state index contributed by atoms with van der Waals surface area (Å²) in [5, 5.41) is 3.42. The van der Waals surface area contributed by atoms with Crippen LogP contribution in [0.25, 0.3) is 0 Å². The van der Waals surface area contributed by atoms with Crippen molar-refractivity contribution in [3.05, 3.63) is 0 Å². The van der Waals surface area contributed by atoms with Crippen LogP contribution in [0.15, 0.2) is 0 Å². The number of hydrogen-bond donors (Lipinski definition) is 1. The normalized spacial score (nSPS) is 27.5. The van der Waals surface area contributed by atoms with Crippen LogP contribution in [0.4, 0.5) is 0 Å². The van der Waals surface area contributed by atoms with Crippen LogP contribution in [0.1, 0.15) is 33.6 Å². The first-order chi connectivity index (χ1) is 6.24. The smallest absolute Gasteiger partial charge is 0.0192 e. The summed E-state index contributed by atoms with van der Waals surface area (Å²) >= 11 is 0. The lowest BCUT2D eigenvalue weighted by molar-refractivity contribution is 0.137. The Kier molecular flexibility index (Phi) is 4.74. The van der Waals surface area contributed by atoms with Crippen molar-refractivity contribution in [2.24, 2.45) is 5.92 Å². The van der Waals surface area contributed by atoms with E-state index in [-0.39, 0.29) is 0 Å². The number of hydrogen-bond acceptors (Lipinski definition) is 2. The Balaban J connectivity index is 2.24. The van der Waals surface area contributed by atoms with E-state index in [0.717, 1.165) is 19.0 Å². The Morgan fingerprint density at radius 1 is 1.54 bits per heavy atom. The third-order valence-electron chi connectivity index (χ3n) is 3.00. The van der Waals surface area contributed by atoms with Gasteiger partial charge in [-0.25, -0.2) is 0 Å². The monoisotopic (exact) mass is 184 g/mol. The Labute approximate surface area is 82.7 Å². The first kappa shape index (κ1) is 11.0.